The Kier molecular flexibility index (Phi) is 14.7. The Balaban J connectivity index is 0.569. The quantitative estimate of drug-likeness (QED) is 0.128. The van der Waals surface area contributed by atoms with Crippen molar-refractivity contribution in [3.63, 3.8) is 0 Å². The zero-order chi connectivity index (χ0) is 76.7. The maximum atomic E-state index is 7.11. The summed E-state index contributed by atoms with van der Waals surface area (Å²) in [5, 5.41) is 0. The highest BCUT2D eigenvalue weighted by atomic mass is 16.4. The van der Waals surface area contributed by atoms with Crippen molar-refractivity contribution in [2.45, 2.75) is 77.0 Å². The van der Waals surface area contributed by atoms with Crippen LogP contribution in [0.15, 0.2) is 337 Å². The molecule has 4 aliphatic rings. The summed E-state index contributed by atoms with van der Waals surface area (Å²) in [5.74, 6) is 1.15. The molecule has 0 radical (unpaired) electrons. The van der Waals surface area contributed by atoms with Crippen molar-refractivity contribution in [3.8, 4) is 168 Å². The summed E-state index contributed by atoms with van der Waals surface area (Å²) in [6.45, 7) is 18.7. The first-order valence-electron chi connectivity index (χ1n) is 39.7. The highest BCUT2D eigenvalue weighted by Gasteiger charge is 2.40. The van der Waals surface area contributed by atoms with Gasteiger partial charge in [0.15, 0.2) is 11.2 Å². The third-order valence-electron chi connectivity index (χ3n) is 25.8. The number of oxazole rings is 2. The maximum absolute atomic E-state index is 7.11. The van der Waals surface area contributed by atoms with Gasteiger partial charge in [-0.3, -0.25) is 4.98 Å². The van der Waals surface area contributed by atoms with E-state index in [4.69, 9.17) is 28.8 Å². The van der Waals surface area contributed by atoms with Crippen molar-refractivity contribution in [2.24, 2.45) is 0 Å². The topological polar surface area (TPSA) is 77.8 Å². The van der Waals surface area contributed by atoms with Gasteiger partial charge in [0, 0.05) is 72.4 Å². The van der Waals surface area contributed by atoms with Crippen LogP contribution in [0.5, 0.6) is 0 Å². The summed E-state index contributed by atoms with van der Waals surface area (Å²) < 4.78 is 14.2. The van der Waals surface area contributed by atoms with Gasteiger partial charge in [0.1, 0.15) is 11.0 Å². The number of pyridine rings is 2. The number of fused-ring (bicyclic) bond motifs is 14. The minimum Gasteiger partial charge on any atom is -0.435 e. The standard InChI is InChI=1S/C108H78N4O2/c1-105(2)88-23-13-9-19-80(88)84-48-44-71(59-92(84)105)76-52-54-78(73-46-50-86-82-21-11-15-25-90(82)107(5,6)94(86)61-73)101-99(76)111-103(113-101)69-40-32-65(33-41-69)63-28-36-67(37-29-63)75-56-57-97(96-27-17-18-58-109-96)110-98(75)68-38-30-64(31-39-68)66-34-42-70(43-35-66)104-112-100-77(72-45-49-85-81-20-10-14-24-89(81)106(3,4)93(85)60-72)53-55-79(102(100)114-104)74-47-51-87-83-22-12-16-26-91(83)108(7,8)95(87)62-74/h9-62H,1-8H3. The van der Waals surface area contributed by atoms with Gasteiger partial charge in [-0.25, -0.2) is 15.0 Å². The zero-order valence-corrected chi connectivity index (χ0v) is 64.8. The first-order chi connectivity index (χ1) is 55.5. The molecule has 0 atom stereocenters. The first-order valence-corrected chi connectivity index (χ1v) is 39.7. The third kappa shape index (κ3) is 10.3. The second-order valence-electron chi connectivity index (χ2n) is 33.6. The van der Waals surface area contributed by atoms with Crippen LogP contribution in [-0.2, 0) is 21.7 Å². The Hall–Kier alpha value is -13.7. The number of benzene rings is 14. The summed E-state index contributed by atoms with van der Waals surface area (Å²) in [7, 11) is 0. The molecule has 6 heteroatoms. The van der Waals surface area contributed by atoms with Crippen molar-refractivity contribution in [1.82, 2.24) is 19.9 Å². The monoisotopic (exact) mass is 1460 g/mol. The predicted octanol–water partition coefficient (Wildman–Crippen LogP) is 28.3. The van der Waals surface area contributed by atoms with Crippen LogP contribution in [0.25, 0.3) is 190 Å². The van der Waals surface area contributed by atoms with Gasteiger partial charge in [0.25, 0.3) is 0 Å². The zero-order valence-electron chi connectivity index (χ0n) is 64.8. The molecular weight excluding hydrogens is 1390 g/mol. The van der Waals surface area contributed by atoms with Gasteiger partial charge in [-0.2, -0.15) is 0 Å². The Bertz CT molecular complexity index is 6760. The molecule has 0 aliphatic heterocycles. The molecule has 0 unspecified atom stereocenters. The molecule has 0 saturated carbocycles. The van der Waals surface area contributed by atoms with Crippen LogP contribution in [0.1, 0.15) is 99.9 Å². The molecule has 14 aromatic carbocycles. The van der Waals surface area contributed by atoms with Crippen LogP contribution in [0.4, 0.5) is 0 Å². The number of nitrogens with zero attached hydrogens (tertiary/aromatic N) is 4. The van der Waals surface area contributed by atoms with Crippen molar-refractivity contribution < 1.29 is 8.83 Å². The molecule has 0 spiro atoms. The lowest BCUT2D eigenvalue weighted by Gasteiger charge is -2.22. The Morgan fingerprint density at radius 3 is 0.842 bits per heavy atom. The molecule has 4 heterocycles. The first kappa shape index (κ1) is 67.2. The van der Waals surface area contributed by atoms with Crippen molar-refractivity contribution >= 4 is 22.2 Å². The molecule has 4 aromatic heterocycles. The van der Waals surface area contributed by atoms with E-state index < -0.39 is 0 Å². The second kappa shape index (κ2) is 24.9. The van der Waals surface area contributed by atoms with E-state index >= 15 is 0 Å². The molecule has 114 heavy (non-hydrogen) atoms. The van der Waals surface area contributed by atoms with Gasteiger partial charge in [0.05, 0.1) is 17.1 Å². The average Bonchev–Trinajstić information content (AvgIpc) is 1.57. The lowest BCUT2D eigenvalue weighted by Crippen LogP contribution is -2.15. The molecule has 0 fully saturated rings. The molecule has 18 aromatic rings. The smallest absolute Gasteiger partial charge is 0.227 e. The number of rotatable bonds is 11. The van der Waals surface area contributed by atoms with Crippen LogP contribution in [-0.4, -0.2) is 19.9 Å². The molecule has 4 aliphatic carbocycles. The largest absolute Gasteiger partial charge is 0.435 e. The highest BCUT2D eigenvalue weighted by Crippen LogP contribution is 2.56. The summed E-state index contributed by atoms with van der Waals surface area (Å²) in [6, 6.07) is 117. The number of hydrogen-bond acceptors (Lipinski definition) is 6. The van der Waals surface area contributed by atoms with Gasteiger partial charge < -0.3 is 8.83 Å². The fourth-order valence-corrected chi connectivity index (χ4v) is 19.5. The van der Waals surface area contributed by atoms with Crippen LogP contribution >= 0.6 is 0 Å². The summed E-state index contributed by atoms with van der Waals surface area (Å²) >= 11 is 0. The summed E-state index contributed by atoms with van der Waals surface area (Å²) in [6.07, 6.45) is 1.82. The molecule has 0 amide bonds. The highest BCUT2D eigenvalue weighted by molar-refractivity contribution is 6.04. The van der Waals surface area contributed by atoms with E-state index in [1.165, 1.54) is 89.0 Å². The number of hydrogen-bond donors (Lipinski definition) is 0. The van der Waals surface area contributed by atoms with E-state index in [0.717, 1.165) is 134 Å². The summed E-state index contributed by atoms with van der Waals surface area (Å²) in [4.78, 5) is 21.1. The van der Waals surface area contributed by atoms with Crippen LogP contribution in [0.2, 0.25) is 0 Å². The van der Waals surface area contributed by atoms with Crippen molar-refractivity contribution in [1.29, 1.82) is 0 Å². The lowest BCUT2D eigenvalue weighted by molar-refractivity contribution is 0.620. The molecule has 6 nitrogen and oxygen atoms in total. The lowest BCUT2D eigenvalue weighted by atomic mass is 9.81. The van der Waals surface area contributed by atoms with E-state index in [1.807, 2.05) is 24.4 Å². The van der Waals surface area contributed by atoms with Crippen molar-refractivity contribution in [3.05, 3.63) is 372 Å². The molecule has 0 bridgehead atoms. The SMILES string of the molecule is CC1(C)c2ccccc2-c2ccc(-c3ccc(-c4ccc5c(c4)C(C)(C)c4ccccc4-5)c4oc(-c5ccc(-c6ccc(-c7ccc(-c8ccccn8)nc7-c7ccc(-c8ccc(-c9nc%10c(-c%11ccc%12c(c%11)C(C)(C)c%11ccccc%11-%12)ccc(-c%11ccc%12c(c%11)C(C)(C)c%11ccccc%11-%12)c%10o9)cc8)cc7)cc6)cc5)nc34)cc21. The van der Waals surface area contributed by atoms with Gasteiger partial charge in [0.2, 0.25) is 11.8 Å². The Morgan fingerprint density at radius 1 is 0.202 bits per heavy atom. The molecule has 22 rings (SSSR count). The fourth-order valence-electron chi connectivity index (χ4n) is 19.5. The minimum absolute atomic E-state index is 0.154. The van der Waals surface area contributed by atoms with Crippen molar-refractivity contribution in [2.75, 3.05) is 0 Å². The Morgan fingerprint density at radius 2 is 0.482 bits per heavy atom. The molecule has 542 valence electrons. The normalized spacial score (nSPS) is 14.4. The van der Waals surface area contributed by atoms with E-state index in [0.29, 0.717) is 11.8 Å². The van der Waals surface area contributed by atoms with E-state index in [2.05, 4.69) is 359 Å². The fraction of sp³-hybridized carbons (Fsp3) is 0.111. The van der Waals surface area contributed by atoms with Gasteiger partial charge in [-0.15, -0.1) is 0 Å². The van der Waals surface area contributed by atoms with Crippen LogP contribution in [0.3, 0.4) is 0 Å². The predicted molar refractivity (Wildman–Crippen MR) is 467 cm³/mol. The van der Waals surface area contributed by atoms with Gasteiger partial charge in [-0.1, -0.05) is 292 Å². The van der Waals surface area contributed by atoms with Gasteiger partial charge >= 0.3 is 0 Å². The Labute approximate surface area is 663 Å². The molecular formula is C108H78N4O2. The van der Waals surface area contributed by atoms with Crippen LogP contribution < -0.4 is 0 Å². The van der Waals surface area contributed by atoms with E-state index in [-0.39, 0.29) is 21.7 Å². The molecule has 0 N–H and O–H groups in total. The second-order valence-corrected chi connectivity index (χ2v) is 33.6. The number of aromatic nitrogens is 4. The maximum Gasteiger partial charge on any atom is 0.227 e. The van der Waals surface area contributed by atoms with Crippen LogP contribution in [0, 0.1) is 0 Å². The minimum atomic E-state index is -0.157. The van der Waals surface area contributed by atoms with E-state index in [1.54, 1.807) is 0 Å². The summed E-state index contributed by atoms with van der Waals surface area (Å²) in [5.41, 5.74) is 43.9. The average molecular weight is 1460 g/mol. The van der Waals surface area contributed by atoms with E-state index in [9.17, 15) is 0 Å². The third-order valence-corrected chi connectivity index (χ3v) is 25.8. The van der Waals surface area contributed by atoms with Gasteiger partial charge in [-0.05, 0) is 224 Å². The molecule has 0 saturated heterocycles.